The Labute approximate surface area is 130 Å². The number of ether oxygens (including phenoxy) is 4. The standard InChI is InChI=1S/C16H22O6/c1-16(2,3)13(17)9-22-15(18)10-7-11(19-4)14(21-6)12(8-10)20-5/h7-8H,9H2,1-6H3. The Hall–Kier alpha value is -2.24. The Kier molecular flexibility index (Phi) is 5.79. The van der Waals surface area contributed by atoms with Crippen molar-refractivity contribution in [1.82, 2.24) is 0 Å². The number of carbonyl (C=O) groups excluding carboxylic acids is 2. The molecule has 1 rings (SSSR count). The van der Waals surface area contributed by atoms with Gasteiger partial charge in [0.25, 0.3) is 0 Å². The van der Waals surface area contributed by atoms with Crippen LogP contribution in [0.15, 0.2) is 12.1 Å². The number of Topliss-reactive ketones (excluding diaryl/α,β-unsaturated/α-hetero) is 1. The Balaban J connectivity index is 2.97. The quantitative estimate of drug-likeness (QED) is 0.752. The van der Waals surface area contributed by atoms with Gasteiger partial charge in [0.05, 0.1) is 26.9 Å². The van der Waals surface area contributed by atoms with Gasteiger partial charge in [-0.3, -0.25) is 4.79 Å². The first-order valence-corrected chi connectivity index (χ1v) is 6.75. The van der Waals surface area contributed by atoms with Crippen molar-refractivity contribution in [3.8, 4) is 17.2 Å². The van der Waals surface area contributed by atoms with Crippen LogP contribution in [0.3, 0.4) is 0 Å². The zero-order chi connectivity index (χ0) is 16.9. The fourth-order valence-corrected chi connectivity index (χ4v) is 1.63. The average Bonchev–Trinajstić information content (AvgIpc) is 2.49. The highest BCUT2D eigenvalue weighted by molar-refractivity contribution is 5.93. The normalized spacial score (nSPS) is 10.8. The highest BCUT2D eigenvalue weighted by Gasteiger charge is 2.24. The third-order valence-corrected chi connectivity index (χ3v) is 3.07. The molecule has 22 heavy (non-hydrogen) atoms. The molecule has 0 spiro atoms. The van der Waals surface area contributed by atoms with Crippen molar-refractivity contribution in [3.63, 3.8) is 0 Å². The molecule has 0 aliphatic rings. The van der Waals surface area contributed by atoms with Gasteiger partial charge in [0.2, 0.25) is 5.75 Å². The smallest absolute Gasteiger partial charge is 0.338 e. The number of benzene rings is 1. The summed E-state index contributed by atoms with van der Waals surface area (Å²) in [5.74, 6) is 0.282. The molecule has 0 amide bonds. The molecule has 0 aromatic heterocycles. The number of methoxy groups -OCH3 is 3. The minimum Gasteiger partial charge on any atom is -0.493 e. The average molecular weight is 310 g/mol. The molecule has 0 aliphatic heterocycles. The maximum atomic E-state index is 12.1. The molecule has 0 aliphatic carbocycles. The first-order chi connectivity index (χ1) is 10.2. The fraction of sp³-hybridized carbons (Fsp3) is 0.500. The molecule has 1 aromatic carbocycles. The SMILES string of the molecule is COc1cc(C(=O)OCC(=O)C(C)(C)C)cc(OC)c1OC. The van der Waals surface area contributed by atoms with E-state index in [1.54, 1.807) is 20.8 Å². The van der Waals surface area contributed by atoms with E-state index in [4.69, 9.17) is 18.9 Å². The second-order valence-electron chi connectivity index (χ2n) is 5.66. The fourth-order valence-electron chi connectivity index (χ4n) is 1.63. The molecule has 122 valence electrons. The highest BCUT2D eigenvalue weighted by atomic mass is 16.5. The maximum Gasteiger partial charge on any atom is 0.338 e. The second-order valence-corrected chi connectivity index (χ2v) is 5.66. The van der Waals surface area contributed by atoms with Crippen LogP contribution in [0, 0.1) is 5.41 Å². The van der Waals surface area contributed by atoms with E-state index in [0.29, 0.717) is 17.2 Å². The number of carbonyl (C=O) groups is 2. The molecule has 6 nitrogen and oxygen atoms in total. The first kappa shape index (κ1) is 17.8. The summed E-state index contributed by atoms with van der Waals surface area (Å²) in [6.45, 7) is 5.02. The molecule has 0 N–H and O–H groups in total. The molecule has 0 saturated heterocycles. The van der Waals surface area contributed by atoms with E-state index in [9.17, 15) is 9.59 Å². The topological polar surface area (TPSA) is 71.1 Å². The van der Waals surface area contributed by atoms with E-state index >= 15 is 0 Å². The third kappa shape index (κ3) is 4.13. The summed E-state index contributed by atoms with van der Waals surface area (Å²) < 4.78 is 20.6. The van der Waals surface area contributed by atoms with Crippen LogP contribution in [0.5, 0.6) is 17.2 Å². The lowest BCUT2D eigenvalue weighted by Gasteiger charge is -2.17. The molecule has 0 bridgehead atoms. The minimum atomic E-state index is -0.628. The van der Waals surface area contributed by atoms with Crippen LogP contribution in [-0.4, -0.2) is 39.7 Å². The summed E-state index contributed by atoms with van der Waals surface area (Å²) >= 11 is 0. The Bertz CT molecular complexity index is 531. The van der Waals surface area contributed by atoms with E-state index < -0.39 is 11.4 Å². The largest absolute Gasteiger partial charge is 0.493 e. The van der Waals surface area contributed by atoms with Crippen molar-refractivity contribution in [2.45, 2.75) is 20.8 Å². The second kappa shape index (κ2) is 7.15. The van der Waals surface area contributed by atoms with E-state index in [-0.39, 0.29) is 18.0 Å². The van der Waals surface area contributed by atoms with Gasteiger partial charge in [-0.1, -0.05) is 20.8 Å². The van der Waals surface area contributed by atoms with Crippen molar-refractivity contribution < 1.29 is 28.5 Å². The number of hydrogen-bond donors (Lipinski definition) is 0. The summed E-state index contributed by atoms with van der Waals surface area (Å²) in [5.41, 5.74) is -0.341. The maximum absolute atomic E-state index is 12.1. The van der Waals surface area contributed by atoms with Crippen LogP contribution >= 0.6 is 0 Å². The molecule has 0 unspecified atom stereocenters. The Morgan fingerprint density at radius 2 is 1.45 bits per heavy atom. The van der Waals surface area contributed by atoms with E-state index in [2.05, 4.69) is 0 Å². The molecule has 6 heteroatoms. The van der Waals surface area contributed by atoms with Crippen LogP contribution in [0.25, 0.3) is 0 Å². The molecular formula is C16H22O6. The van der Waals surface area contributed by atoms with Crippen molar-refractivity contribution in [3.05, 3.63) is 17.7 Å². The highest BCUT2D eigenvalue weighted by Crippen LogP contribution is 2.38. The lowest BCUT2D eigenvalue weighted by molar-refractivity contribution is -0.129. The van der Waals surface area contributed by atoms with Gasteiger partial charge < -0.3 is 18.9 Å². The van der Waals surface area contributed by atoms with Gasteiger partial charge in [0.15, 0.2) is 23.9 Å². The van der Waals surface area contributed by atoms with Gasteiger partial charge in [-0.2, -0.15) is 0 Å². The first-order valence-electron chi connectivity index (χ1n) is 6.75. The predicted molar refractivity (Wildman–Crippen MR) is 80.8 cm³/mol. The summed E-state index contributed by atoms with van der Waals surface area (Å²) in [6, 6.07) is 2.95. The zero-order valence-corrected chi connectivity index (χ0v) is 13.8. The molecule has 0 atom stereocenters. The number of hydrogen-bond acceptors (Lipinski definition) is 6. The monoisotopic (exact) mass is 310 g/mol. The van der Waals surface area contributed by atoms with Crippen molar-refractivity contribution >= 4 is 11.8 Å². The van der Waals surface area contributed by atoms with Crippen LogP contribution in [0.1, 0.15) is 31.1 Å². The molecule has 0 fully saturated rings. The summed E-state index contributed by atoms with van der Waals surface area (Å²) in [6.07, 6.45) is 0. The molecule has 0 radical (unpaired) electrons. The molecule has 1 aromatic rings. The molecule has 0 saturated carbocycles. The third-order valence-electron chi connectivity index (χ3n) is 3.07. The van der Waals surface area contributed by atoms with E-state index in [1.165, 1.54) is 33.5 Å². The predicted octanol–water partition coefficient (Wildman–Crippen LogP) is 2.48. The minimum absolute atomic E-state index is 0.159. The summed E-state index contributed by atoms with van der Waals surface area (Å²) in [4.78, 5) is 23.9. The van der Waals surface area contributed by atoms with Crippen LogP contribution < -0.4 is 14.2 Å². The zero-order valence-electron chi connectivity index (χ0n) is 13.8. The summed E-state index contributed by atoms with van der Waals surface area (Å²) in [7, 11) is 4.38. The van der Waals surface area contributed by atoms with Crippen molar-refractivity contribution in [2.75, 3.05) is 27.9 Å². The summed E-state index contributed by atoms with van der Waals surface area (Å²) in [5, 5.41) is 0. The van der Waals surface area contributed by atoms with Gasteiger partial charge in [-0.05, 0) is 12.1 Å². The van der Waals surface area contributed by atoms with E-state index in [0.717, 1.165) is 0 Å². The number of rotatable bonds is 6. The van der Waals surface area contributed by atoms with Crippen LogP contribution in [0.2, 0.25) is 0 Å². The van der Waals surface area contributed by atoms with Gasteiger partial charge in [-0.25, -0.2) is 4.79 Å². The van der Waals surface area contributed by atoms with Crippen molar-refractivity contribution in [1.29, 1.82) is 0 Å². The lowest BCUT2D eigenvalue weighted by atomic mass is 9.91. The Morgan fingerprint density at radius 1 is 0.955 bits per heavy atom. The lowest BCUT2D eigenvalue weighted by Crippen LogP contribution is -2.26. The van der Waals surface area contributed by atoms with Gasteiger partial charge in [0.1, 0.15) is 0 Å². The Morgan fingerprint density at radius 3 is 1.82 bits per heavy atom. The van der Waals surface area contributed by atoms with Gasteiger partial charge in [-0.15, -0.1) is 0 Å². The van der Waals surface area contributed by atoms with Crippen molar-refractivity contribution in [2.24, 2.45) is 5.41 Å². The van der Waals surface area contributed by atoms with Gasteiger partial charge >= 0.3 is 5.97 Å². The molecular weight excluding hydrogens is 288 g/mol. The molecule has 0 heterocycles. The number of esters is 1. The van der Waals surface area contributed by atoms with E-state index in [1.807, 2.05) is 0 Å². The number of ketones is 1. The van der Waals surface area contributed by atoms with Gasteiger partial charge in [0, 0.05) is 5.41 Å². The van der Waals surface area contributed by atoms with Crippen LogP contribution in [-0.2, 0) is 9.53 Å². The van der Waals surface area contributed by atoms with Crippen LogP contribution in [0.4, 0.5) is 0 Å².